The SMILES string of the molecule is O=C(NC1CCN(Cc2ccccc2)C1)[C@@H]1CCCN1C1=NS(=O)(=O)c2ccccc21. The average molecular weight is 439 g/mol. The first kappa shape index (κ1) is 20.2. The van der Waals surface area contributed by atoms with E-state index in [9.17, 15) is 13.2 Å². The van der Waals surface area contributed by atoms with Gasteiger partial charge in [0.05, 0.1) is 0 Å². The minimum absolute atomic E-state index is 0.0338. The Balaban J connectivity index is 1.25. The van der Waals surface area contributed by atoms with Gasteiger partial charge in [-0.05, 0) is 37.0 Å². The molecule has 8 heteroatoms. The molecule has 2 aromatic rings. The molecular weight excluding hydrogens is 412 g/mol. The van der Waals surface area contributed by atoms with Gasteiger partial charge in [-0.3, -0.25) is 9.69 Å². The van der Waals surface area contributed by atoms with Crippen molar-refractivity contribution in [3.8, 4) is 0 Å². The van der Waals surface area contributed by atoms with Crippen molar-refractivity contribution in [3.63, 3.8) is 0 Å². The van der Waals surface area contributed by atoms with Gasteiger partial charge in [-0.2, -0.15) is 8.42 Å². The predicted octanol–water partition coefficient (Wildman–Crippen LogP) is 1.99. The Hall–Kier alpha value is -2.71. The fourth-order valence-electron chi connectivity index (χ4n) is 4.82. The van der Waals surface area contributed by atoms with Gasteiger partial charge in [0.2, 0.25) is 5.91 Å². The number of amides is 1. The standard InChI is InChI=1S/C23H26N4O3S/c28-23(24-18-12-14-26(16-18)15-17-7-2-1-3-8-17)20-10-6-13-27(20)22-19-9-4-5-11-21(19)31(29,30)25-22/h1-5,7-9,11,18,20H,6,10,12-16H2,(H,24,28)/t18?,20-/m0/s1. The predicted molar refractivity (Wildman–Crippen MR) is 118 cm³/mol. The molecule has 0 spiro atoms. The largest absolute Gasteiger partial charge is 0.350 e. The topological polar surface area (TPSA) is 82.1 Å². The summed E-state index contributed by atoms with van der Waals surface area (Å²) in [5.74, 6) is 0.374. The molecule has 0 bridgehead atoms. The quantitative estimate of drug-likeness (QED) is 0.790. The van der Waals surface area contributed by atoms with Crippen LogP contribution in [0.5, 0.6) is 0 Å². The number of hydrogen-bond acceptors (Lipinski definition) is 5. The zero-order chi connectivity index (χ0) is 21.4. The van der Waals surface area contributed by atoms with Crippen LogP contribution in [0.15, 0.2) is 63.9 Å². The lowest BCUT2D eigenvalue weighted by Gasteiger charge is -2.27. The highest BCUT2D eigenvalue weighted by Crippen LogP contribution is 2.31. The molecule has 2 saturated heterocycles. The van der Waals surface area contributed by atoms with Crippen molar-refractivity contribution in [1.29, 1.82) is 0 Å². The van der Waals surface area contributed by atoms with E-state index in [1.807, 2.05) is 23.1 Å². The molecule has 1 unspecified atom stereocenters. The third-order valence-electron chi connectivity index (χ3n) is 6.31. The van der Waals surface area contributed by atoms with E-state index in [4.69, 9.17) is 0 Å². The van der Waals surface area contributed by atoms with Crippen LogP contribution in [0.2, 0.25) is 0 Å². The van der Waals surface area contributed by atoms with E-state index in [-0.39, 0.29) is 22.9 Å². The van der Waals surface area contributed by atoms with Gasteiger partial charge in [0.25, 0.3) is 10.0 Å². The van der Waals surface area contributed by atoms with Gasteiger partial charge in [0.15, 0.2) is 5.84 Å². The van der Waals surface area contributed by atoms with E-state index < -0.39 is 10.0 Å². The van der Waals surface area contributed by atoms with Gasteiger partial charge in [0, 0.05) is 37.8 Å². The molecule has 2 aromatic carbocycles. The molecule has 3 aliphatic rings. The van der Waals surface area contributed by atoms with Crippen molar-refractivity contribution in [2.75, 3.05) is 19.6 Å². The van der Waals surface area contributed by atoms with Crippen LogP contribution in [0.4, 0.5) is 0 Å². The zero-order valence-electron chi connectivity index (χ0n) is 17.3. The molecule has 31 heavy (non-hydrogen) atoms. The minimum atomic E-state index is -3.69. The van der Waals surface area contributed by atoms with Gasteiger partial charge < -0.3 is 10.2 Å². The molecule has 0 aromatic heterocycles. The number of likely N-dealkylation sites (tertiary alicyclic amines) is 2. The summed E-state index contributed by atoms with van der Waals surface area (Å²) in [7, 11) is -3.69. The van der Waals surface area contributed by atoms with Crippen LogP contribution in [0.25, 0.3) is 0 Å². The summed E-state index contributed by atoms with van der Waals surface area (Å²) in [6, 6.07) is 16.9. The van der Waals surface area contributed by atoms with Crippen molar-refractivity contribution in [2.24, 2.45) is 4.40 Å². The maximum absolute atomic E-state index is 13.1. The summed E-state index contributed by atoms with van der Waals surface area (Å²) >= 11 is 0. The number of carbonyl (C=O) groups is 1. The van der Waals surface area contributed by atoms with Crippen molar-refractivity contribution in [2.45, 2.75) is 42.8 Å². The van der Waals surface area contributed by atoms with Crippen LogP contribution in [-0.4, -0.2) is 61.7 Å². The number of hydrogen-bond donors (Lipinski definition) is 1. The van der Waals surface area contributed by atoms with E-state index >= 15 is 0 Å². The molecule has 1 N–H and O–H groups in total. The molecule has 0 saturated carbocycles. The van der Waals surface area contributed by atoms with Crippen LogP contribution in [0, 0.1) is 0 Å². The van der Waals surface area contributed by atoms with Crippen molar-refractivity contribution in [3.05, 3.63) is 65.7 Å². The fourth-order valence-corrected chi connectivity index (χ4v) is 6.04. The molecule has 0 aliphatic carbocycles. The zero-order valence-corrected chi connectivity index (χ0v) is 18.1. The third kappa shape index (κ3) is 3.97. The fraction of sp³-hybridized carbons (Fsp3) is 0.391. The lowest BCUT2D eigenvalue weighted by atomic mass is 10.1. The Bertz CT molecular complexity index is 1120. The van der Waals surface area contributed by atoms with Gasteiger partial charge in [-0.25, -0.2) is 0 Å². The highest BCUT2D eigenvalue weighted by atomic mass is 32.2. The first-order chi connectivity index (χ1) is 15.0. The second kappa shape index (κ2) is 8.09. The number of amidine groups is 1. The van der Waals surface area contributed by atoms with Crippen LogP contribution in [-0.2, 0) is 21.4 Å². The van der Waals surface area contributed by atoms with Gasteiger partial charge in [-0.15, -0.1) is 4.40 Å². The van der Waals surface area contributed by atoms with E-state index in [0.29, 0.717) is 24.4 Å². The van der Waals surface area contributed by atoms with Crippen LogP contribution in [0.1, 0.15) is 30.4 Å². The summed E-state index contributed by atoms with van der Waals surface area (Å²) in [5, 5.41) is 3.21. The van der Waals surface area contributed by atoms with Gasteiger partial charge in [-0.1, -0.05) is 42.5 Å². The van der Waals surface area contributed by atoms with E-state index in [0.717, 1.165) is 32.5 Å². The van der Waals surface area contributed by atoms with Gasteiger partial charge >= 0.3 is 0 Å². The number of fused-ring (bicyclic) bond motifs is 1. The van der Waals surface area contributed by atoms with E-state index in [1.165, 1.54) is 5.56 Å². The summed E-state index contributed by atoms with van der Waals surface area (Å²) in [6.45, 7) is 3.29. The number of sulfonamides is 1. The monoisotopic (exact) mass is 438 g/mol. The molecule has 2 atom stereocenters. The second-order valence-electron chi connectivity index (χ2n) is 8.45. The first-order valence-electron chi connectivity index (χ1n) is 10.8. The molecule has 3 aliphatic heterocycles. The number of nitrogens with zero attached hydrogens (tertiary/aromatic N) is 3. The molecular formula is C23H26N4O3S. The number of nitrogens with one attached hydrogen (secondary N) is 1. The molecule has 162 valence electrons. The maximum atomic E-state index is 13.1. The number of rotatable bonds is 4. The summed E-state index contributed by atoms with van der Waals surface area (Å²) in [4.78, 5) is 17.6. The summed E-state index contributed by atoms with van der Waals surface area (Å²) < 4.78 is 28.9. The number of carbonyl (C=O) groups excluding carboxylic acids is 1. The smallest absolute Gasteiger partial charge is 0.285 e. The Labute approximate surface area is 182 Å². The van der Waals surface area contributed by atoms with Gasteiger partial charge in [0.1, 0.15) is 10.9 Å². The maximum Gasteiger partial charge on any atom is 0.285 e. The molecule has 7 nitrogen and oxygen atoms in total. The lowest BCUT2D eigenvalue weighted by molar-refractivity contribution is -0.125. The summed E-state index contributed by atoms with van der Waals surface area (Å²) in [5.41, 5.74) is 1.87. The van der Waals surface area contributed by atoms with Crippen molar-refractivity contribution in [1.82, 2.24) is 15.1 Å². The molecule has 5 rings (SSSR count). The Morgan fingerprint density at radius 1 is 1.03 bits per heavy atom. The molecule has 0 radical (unpaired) electrons. The molecule has 3 heterocycles. The number of benzene rings is 2. The van der Waals surface area contributed by atoms with E-state index in [2.05, 4.69) is 26.7 Å². The van der Waals surface area contributed by atoms with Crippen molar-refractivity contribution < 1.29 is 13.2 Å². The minimum Gasteiger partial charge on any atom is -0.350 e. The second-order valence-corrected chi connectivity index (χ2v) is 10.0. The highest BCUT2D eigenvalue weighted by molar-refractivity contribution is 7.90. The lowest BCUT2D eigenvalue weighted by Crippen LogP contribution is -2.49. The summed E-state index contributed by atoms with van der Waals surface area (Å²) in [6.07, 6.45) is 2.46. The highest BCUT2D eigenvalue weighted by Gasteiger charge is 2.40. The third-order valence-corrected chi connectivity index (χ3v) is 7.63. The average Bonchev–Trinajstić information content (AvgIpc) is 3.47. The van der Waals surface area contributed by atoms with Crippen LogP contribution < -0.4 is 5.32 Å². The Morgan fingerprint density at radius 3 is 2.65 bits per heavy atom. The van der Waals surface area contributed by atoms with Crippen LogP contribution >= 0.6 is 0 Å². The first-order valence-corrected chi connectivity index (χ1v) is 12.2. The molecule has 1 amide bonds. The molecule has 2 fully saturated rings. The normalized spacial score (nSPS) is 24.8. The van der Waals surface area contributed by atoms with Crippen LogP contribution in [0.3, 0.4) is 0 Å². The Kier molecular flexibility index (Phi) is 5.27. The van der Waals surface area contributed by atoms with Crippen molar-refractivity contribution >= 4 is 21.8 Å². The van der Waals surface area contributed by atoms with E-state index in [1.54, 1.807) is 24.3 Å². The Morgan fingerprint density at radius 2 is 1.81 bits per heavy atom.